The molecule has 0 unspecified atom stereocenters. The van der Waals surface area contributed by atoms with Crippen LogP contribution in [0.15, 0.2) is 34.9 Å². The van der Waals surface area contributed by atoms with E-state index in [4.69, 9.17) is 20.9 Å². The van der Waals surface area contributed by atoms with E-state index < -0.39 is 0 Å². The van der Waals surface area contributed by atoms with E-state index in [1.165, 1.54) is 4.90 Å². The van der Waals surface area contributed by atoms with Crippen molar-refractivity contribution >= 4 is 17.5 Å². The number of carbonyl (C=O) groups is 1. The smallest absolute Gasteiger partial charge is 0.292 e. The Kier molecular flexibility index (Phi) is 4.63. The highest BCUT2D eigenvalue weighted by atomic mass is 35.5. The topological polar surface area (TPSA) is 55.6 Å². The van der Waals surface area contributed by atoms with Gasteiger partial charge in [-0.3, -0.25) is 4.79 Å². The van der Waals surface area contributed by atoms with Crippen molar-refractivity contribution in [3.05, 3.63) is 46.8 Å². The summed E-state index contributed by atoms with van der Waals surface area (Å²) >= 11 is 5.86. The molecule has 0 saturated carbocycles. The fourth-order valence-corrected chi connectivity index (χ4v) is 1.79. The van der Waals surface area contributed by atoms with Crippen molar-refractivity contribution in [3.63, 3.8) is 0 Å². The molecular weight excluding hydrogens is 280 g/mol. The molecule has 6 heteroatoms. The zero-order chi connectivity index (χ0) is 14.5. The standard InChI is InChI=1S/C14H15ClN2O3/c1-10-8-13(20-16-10)14(18)17(2)6-7-19-12-5-3-4-11(15)9-12/h3-5,8-9H,6-7H2,1-2H3. The number of hydrogen-bond acceptors (Lipinski definition) is 4. The minimum Gasteiger partial charge on any atom is -0.492 e. The Labute approximate surface area is 122 Å². The maximum absolute atomic E-state index is 12.0. The first-order chi connectivity index (χ1) is 9.56. The largest absolute Gasteiger partial charge is 0.492 e. The summed E-state index contributed by atoms with van der Waals surface area (Å²) in [6.07, 6.45) is 0. The Bertz CT molecular complexity index is 598. The van der Waals surface area contributed by atoms with E-state index in [0.29, 0.717) is 29.6 Å². The summed E-state index contributed by atoms with van der Waals surface area (Å²) in [5.41, 5.74) is 0.678. The molecule has 0 atom stereocenters. The first kappa shape index (κ1) is 14.4. The van der Waals surface area contributed by atoms with Crippen LogP contribution in [0.2, 0.25) is 5.02 Å². The zero-order valence-corrected chi connectivity index (χ0v) is 12.1. The molecule has 0 bridgehead atoms. The van der Waals surface area contributed by atoms with E-state index in [-0.39, 0.29) is 11.7 Å². The molecule has 1 aromatic carbocycles. The molecule has 0 fully saturated rings. The van der Waals surface area contributed by atoms with Gasteiger partial charge in [-0.05, 0) is 25.1 Å². The van der Waals surface area contributed by atoms with Gasteiger partial charge < -0.3 is 14.2 Å². The second kappa shape index (κ2) is 6.43. The highest BCUT2D eigenvalue weighted by Crippen LogP contribution is 2.17. The van der Waals surface area contributed by atoms with Crippen molar-refractivity contribution in [3.8, 4) is 5.75 Å². The van der Waals surface area contributed by atoms with Crippen molar-refractivity contribution in [1.29, 1.82) is 0 Å². The van der Waals surface area contributed by atoms with E-state index in [1.807, 2.05) is 12.1 Å². The molecule has 1 heterocycles. The molecule has 2 aromatic rings. The monoisotopic (exact) mass is 294 g/mol. The number of amides is 1. The van der Waals surface area contributed by atoms with Gasteiger partial charge in [-0.15, -0.1) is 0 Å². The lowest BCUT2D eigenvalue weighted by atomic mass is 10.3. The summed E-state index contributed by atoms with van der Waals surface area (Å²) in [6.45, 7) is 2.57. The number of likely N-dealkylation sites (N-methyl/N-ethyl adjacent to an activating group) is 1. The van der Waals surface area contributed by atoms with E-state index in [1.54, 1.807) is 32.2 Å². The van der Waals surface area contributed by atoms with Crippen molar-refractivity contribution in [2.45, 2.75) is 6.92 Å². The number of aryl methyl sites for hydroxylation is 1. The molecule has 1 aromatic heterocycles. The van der Waals surface area contributed by atoms with Crippen molar-refractivity contribution < 1.29 is 14.1 Å². The van der Waals surface area contributed by atoms with Gasteiger partial charge in [0.15, 0.2) is 0 Å². The lowest BCUT2D eigenvalue weighted by Gasteiger charge is -2.15. The van der Waals surface area contributed by atoms with Crippen molar-refractivity contribution in [2.75, 3.05) is 20.2 Å². The Morgan fingerprint density at radius 2 is 2.25 bits per heavy atom. The van der Waals surface area contributed by atoms with E-state index in [9.17, 15) is 4.79 Å². The van der Waals surface area contributed by atoms with Gasteiger partial charge in [0.25, 0.3) is 5.91 Å². The van der Waals surface area contributed by atoms with Crippen LogP contribution in [0.3, 0.4) is 0 Å². The number of nitrogens with zero attached hydrogens (tertiary/aromatic N) is 2. The summed E-state index contributed by atoms with van der Waals surface area (Å²) in [7, 11) is 1.68. The molecule has 0 aliphatic rings. The van der Waals surface area contributed by atoms with Gasteiger partial charge in [0.2, 0.25) is 5.76 Å². The highest BCUT2D eigenvalue weighted by molar-refractivity contribution is 6.30. The van der Waals surface area contributed by atoms with Crippen LogP contribution in [-0.4, -0.2) is 36.2 Å². The molecule has 0 spiro atoms. The third-order valence-electron chi connectivity index (χ3n) is 2.68. The van der Waals surface area contributed by atoms with Gasteiger partial charge in [-0.25, -0.2) is 0 Å². The molecule has 5 nitrogen and oxygen atoms in total. The Morgan fingerprint density at radius 1 is 1.45 bits per heavy atom. The van der Waals surface area contributed by atoms with Crippen LogP contribution in [0.4, 0.5) is 0 Å². The second-order valence-electron chi connectivity index (χ2n) is 4.37. The second-order valence-corrected chi connectivity index (χ2v) is 4.80. The molecule has 106 valence electrons. The number of aromatic nitrogens is 1. The predicted octanol–water partition coefficient (Wildman–Crippen LogP) is 2.79. The number of carbonyl (C=O) groups excluding carboxylic acids is 1. The van der Waals surface area contributed by atoms with Gasteiger partial charge in [0.05, 0.1) is 12.2 Å². The van der Waals surface area contributed by atoms with Crippen LogP contribution in [0.5, 0.6) is 5.75 Å². The summed E-state index contributed by atoms with van der Waals surface area (Å²) in [5.74, 6) is 0.682. The van der Waals surface area contributed by atoms with Crippen molar-refractivity contribution in [1.82, 2.24) is 10.1 Å². The summed E-state index contributed by atoms with van der Waals surface area (Å²) < 4.78 is 10.5. The molecular formula is C14H15ClN2O3. The van der Waals surface area contributed by atoms with Crippen LogP contribution in [-0.2, 0) is 0 Å². The highest BCUT2D eigenvalue weighted by Gasteiger charge is 2.16. The Balaban J connectivity index is 1.83. The fourth-order valence-electron chi connectivity index (χ4n) is 1.61. The van der Waals surface area contributed by atoms with Gasteiger partial charge in [0, 0.05) is 18.1 Å². The molecule has 0 aliphatic heterocycles. The van der Waals surface area contributed by atoms with Gasteiger partial charge >= 0.3 is 0 Å². The lowest BCUT2D eigenvalue weighted by Crippen LogP contribution is -2.30. The minimum absolute atomic E-state index is 0.222. The normalized spacial score (nSPS) is 10.3. The van der Waals surface area contributed by atoms with Crippen LogP contribution in [0.1, 0.15) is 16.2 Å². The van der Waals surface area contributed by atoms with Crippen LogP contribution in [0, 0.1) is 6.92 Å². The number of ether oxygens (including phenoxy) is 1. The summed E-state index contributed by atoms with van der Waals surface area (Å²) in [4.78, 5) is 13.5. The zero-order valence-electron chi connectivity index (χ0n) is 11.3. The van der Waals surface area contributed by atoms with E-state index in [2.05, 4.69) is 5.16 Å². The minimum atomic E-state index is -0.222. The van der Waals surface area contributed by atoms with E-state index >= 15 is 0 Å². The van der Waals surface area contributed by atoms with Crippen LogP contribution in [0.25, 0.3) is 0 Å². The molecule has 0 saturated heterocycles. The Hall–Kier alpha value is -2.01. The average molecular weight is 295 g/mol. The molecule has 0 aliphatic carbocycles. The molecule has 0 radical (unpaired) electrons. The Morgan fingerprint density at radius 3 is 2.90 bits per heavy atom. The van der Waals surface area contributed by atoms with Gasteiger partial charge in [-0.1, -0.05) is 22.8 Å². The molecule has 1 amide bonds. The lowest BCUT2D eigenvalue weighted by molar-refractivity contribution is 0.0732. The summed E-state index contributed by atoms with van der Waals surface area (Å²) in [6, 6.07) is 8.73. The van der Waals surface area contributed by atoms with Crippen LogP contribution < -0.4 is 4.74 Å². The van der Waals surface area contributed by atoms with Gasteiger partial charge in [0.1, 0.15) is 12.4 Å². The molecule has 0 N–H and O–H groups in total. The molecule has 20 heavy (non-hydrogen) atoms. The predicted molar refractivity (Wildman–Crippen MR) is 75.1 cm³/mol. The average Bonchev–Trinajstić information content (AvgIpc) is 2.84. The number of rotatable bonds is 5. The first-order valence-electron chi connectivity index (χ1n) is 6.13. The van der Waals surface area contributed by atoms with E-state index in [0.717, 1.165) is 0 Å². The van der Waals surface area contributed by atoms with Gasteiger partial charge in [-0.2, -0.15) is 0 Å². The third kappa shape index (κ3) is 3.74. The number of benzene rings is 1. The maximum atomic E-state index is 12.0. The number of hydrogen-bond donors (Lipinski definition) is 0. The molecule has 2 rings (SSSR count). The first-order valence-corrected chi connectivity index (χ1v) is 6.51. The number of halogens is 1. The third-order valence-corrected chi connectivity index (χ3v) is 2.91. The quantitative estimate of drug-likeness (QED) is 0.851. The van der Waals surface area contributed by atoms with Crippen LogP contribution >= 0.6 is 11.6 Å². The summed E-state index contributed by atoms with van der Waals surface area (Å²) in [5, 5.41) is 4.30. The maximum Gasteiger partial charge on any atom is 0.292 e. The fraction of sp³-hybridized carbons (Fsp3) is 0.286. The van der Waals surface area contributed by atoms with Crippen molar-refractivity contribution in [2.24, 2.45) is 0 Å². The SMILES string of the molecule is Cc1cc(C(=O)N(C)CCOc2cccc(Cl)c2)on1.